The summed E-state index contributed by atoms with van der Waals surface area (Å²) in [4.78, 5) is 28.3. The van der Waals surface area contributed by atoms with Crippen molar-refractivity contribution in [3.8, 4) is 11.4 Å². The third-order valence-electron chi connectivity index (χ3n) is 4.47. The minimum atomic E-state index is -0.250. The van der Waals surface area contributed by atoms with Crippen molar-refractivity contribution in [3.05, 3.63) is 72.2 Å². The van der Waals surface area contributed by atoms with Gasteiger partial charge in [-0.05, 0) is 12.1 Å². The number of anilines is 1. The van der Waals surface area contributed by atoms with Crippen LogP contribution in [0.25, 0.3) is 11.4 Å². The third kappa shape index (κ3) is 4.32. The Morgan fingerprint density at radius 2 is 1.82 bits per heavy atom. The van der Waals surface area contributed by atoms with Gasteiger partial charge < -0.3 is 15.0 Å². The number of aromatic nitrogens is 3. The van der Waals surface area contributed by atoms with Gasteiger partial charge in [0.25, 0.3) is 5.91 Å². The first kappa shape index (κ1) is 18.1. The first-order chi connectivity index (χ1) is 13.8. The van der Waals surface area contributed by atoms with E-state index in [-0.39, 0.29) is 5.91 Å². The van der Waals surface area contributed by atoms with Crippen LogP contribution in [0.4, 0.5) is 5.82 Å². The van der Waals surface area contributed by atoms with Gasteiger partial charge in [0, 0.05) is 30.9 Å². The van der Waals surface area contributed by atoms with Crippen molar-refractivity contribution >= 4 is 11.7 Å². The maximum absolute atomic E-state index is 12.8. The van der Waals surface area contributed by atoms with E-state index in [2.05, 4.69) is 20.2 Å². The molecule has 3 heterocycles. The number of pyridine rings is 1. The molecule has 0 saturated carbocycles. The summed E-state index contributed by atoms with van der Waals surface area (Å²) in [6, 6.07) is 17.0. The normalized spacial score (nSPS) is 13.9. The summed E-state index contributed by atoms with van der Waals surface area (Å²) in [6.45, 7) is 3.11. The molecule has 28 heavy (non-hydrogen) atoms. The molecule has 0 aliphatic carbocycles. The van der Waals surface area contributed by atoms with E-state index in [1.165, 1.54) is 0 Å². The SMILES string of the molecule is O=C(NCc1ccccn1)c1cc(N2CCOCC2)nc(-c2ccccc2)n1. The van der Waals surface area contributed by atoms with Gasteiger partial charge in [-0.2, -0.15) is 0 Å². The highest BCUT2D eigenvalue weighted by atomic mass is 16.5. The maximum Gasteiger partial charge on any atom is 0.270 e. The zero-order chi connectivity index (χ0) is 19.2. The van der Waals surface area contributed by atoms with Gasteiger partial charge in [0.1, 0.15) is 11.5 Å². The van der Waals surface area contributed by atoms with Crippen LogP contribution in [0.5, 0.6) is 0 Å². The Morgan fingerprint density at radius 3 is 2.57 bits per heavy atom. The first-order valence-electron chi connectivity index (χ1n) is 9.25. The number of ether oxygens (including phenoxy) is 1. The quantitative estimate of drug-likeness (QED) is 0.737. The van der Waals surface area contributed by atoms with E-state index < -0.39 is 0 Å². The van der Waals surface area contributed by atoms with Gasteiger partial charge in [-0.15, -0.1) is 0 Å². The molecule has 0 bridgehead atoms. The number of hydrogen-bond acceptors (Lipinski definition) is 6. The molecule has 1 fully saturated rings. The standard InChI is InChI=1S/C21H21N5O2/c27-21(23-15-17-8-4-5-9-22-17)18-14-19(26-10-12-28-13-11-26)25-20(24-18)16-6-2-1-3-7-16/h1-9,14H,10-13,15H2,(H,23,27). The van der Waals surface area contributed by atoms with Crippen LogP contribution in [0.1, 0.15) is 16.2 Å². The number of rotatable bonds is 5. The summed E-state index contributed by atoms with van der Waals surface area (Å²) < 4.78 is 5.43. The minimum Gasteiger partial charge on any atom is -0.378 e. The van der Waals surface area contributed by atoms with Crippen molar-refractivity contribution in [2.75, 3.05) is 31.2 Å². The first-order valence-corrected chi connectivity index (χ1v) is 9.25. The molecule has 1 saturated heterocycles. The van der Waals surface area contributed by atoms with Crippen molar-refractivity contribution < 1.29 is 9.53 Å². The number of carbonyl (C=O) groups is 1. The van der Waals surface area contributed by atoms with Crippen molar-refractivity contribution in [1.29, 1.82) is 0 Å². The zero-order valence-electron chi connectivity index (χ0n) is 15.4. The number of carbonyl (C=O) groups excluding carboxylic acids is 1. The molecule has 0 radical (unpaired) electrons. The second-order valence-electron chi connectivity index (χ2n) is 6.40. The molecule has 7 heteroatoms. The topological polar surface area (TPSA) is 80.2 Å². The van der Waals surface area contributed by atoms with Gasteiger partial charge in [-0.3, -0.25) is 9.78 Å². The van der Waals surface area contributed by atoms with Gasteiger partial charge in [0.15, 0.2) is 5.82 Å². The zero-order valence-corrected chi connectivity index (χ0v) is 15.4. The van der Waals surface area contributed by atoms with Crippen molar-refractivity contribution in [2.24, 2.45) is 0 Å². The lowest BCUT2D eigenvalue weighted by atomic mass is 10.2. The number of nitrogens with one attached hydrogen (secondary N) is 1. The molecule has 0 spiro atoms. The van der Waals surface area contributed by atoms with Gasteiger partial charge >= 0.3 is 0 Å². The molecular weight excluding hydrogens is 354 g/mol. The number of benzene rings is 1. The molecule has 1 aromatic carbocycles. The Hall–Kier alpha value is -3.32. The highest BCUT2D eigenvalue weighted by molar-refractivity contribution is 5.93. The molecule has 2 aromatic heterocycles. The van der Waals surface area contributed by atoms with Crippen molar-refractivity contribution in [3.63, 3.8) is 0 Å². The molecule has 142 valence electrons. The molecule has 1 aliphatic heterocycles. The van der Waals surface area contributed by atoms with E-state index in [4.69, 9.17) is 9.72 Å². The predicted octanol–water partition coefficient (Wildman–Crippen LogP) is 2.31. The van der Waals surface area contributed by atoms with Crippen LogP contribution < -0.4 is 10.2 Å². The predicted molar refractivity (Wildman–Crippen MR) is 106 cm³/mol. The van der Waals surface area contributed by atoms with Gasteiger partial charge in [-0.1, -0.05) is 36.4 Å². The fourth-order valence-corrected chi connectivity index (χ4v) is 2.99. The largest absolute Gasteiger partial charge is 0.378 e. The second kappa shape index (κ2) is 8.58. The Balaban J connectivity index is 1.62. The fraction of sp³-hybridized carbons (Fsp3) is 0.238. The Bertz CT molecular complexity index is 928. The lowest BCUT2D eigenvalue weighted by Crippen LogP contribution is -2.37. The van der Waals surface area contributed by atoms with E-state index in [1.54, 1.807) is 12.3 Å². The monoisotopic (exact) mass is 375 g/mol. The summed E-state index contributed by atoms with van der Waals surface area (Å²) in [6.07, 6.45) is 1.70. The molecular formula is C21H21N5O2. The van der Waals surface area contributed by atoms with Crippen LogP contribution in [0.3, 0.4) is 0 Å². The minimum absolute atomic E-state index is 0.250. The Labute approximate surface area is 163 Å². The van der Waals surface area contributed by atoms with Crippen molar-refractivity contribution in [2.45, 2.75) is 6.54 Å². The molecule has 1 N–H and O–H groups in total. The molecule has 1 aliphatic rings. The lowest BCUT2D eigenvalue weighted by Gasteiger charge is -2.28. The lowest BCUT2D eigenvalue weighted by molar-refractivity contribution is 0.0945. The van der Waals surface area contributed by atoms with Gasteiger partial charge in [0.2, 0.25) is 0 Å². The van der Waals surface area contributed by atoms with E-state index in [1.807, 2.05) is 48.5 Å². The number of morpholine rings is 1. The van der Waals surface area contributed by atoms with Gasteiger partial charge in [0.05, 0.1) is 25.5 Å². The van der Waals surface area contributed by atoms with Crippen LogP contribution in [0.15, 0.2) is 60.8 Å². The maximum atomic E-state index is 12.8. The van der Waals surface area contributed by atoms with Gasteiger partial charge in [-0.25, -0.2) is 9.97 Å². The molecule has 0 atom stereocenters. The highest BCUT2D eigenvalue weighted by Crippen LogP contribution is 2.21. The number of hydrogen-bond donors (Lipinski definition) is 1. The number of amides is 1. The van der Waals surface area contributed by atoms with E-state index >= 15 is 0 Å². The van der Waals surface area contributed by atoms with Crippen LogP contribution in [0, 0.1) is 0 Å². The summed E-state index contributed by atoms with van der Waals surface area (Å²) >= 11 is 0. The second-order valence-corrected chi connectivity index (χ2v) is 6.40. The van der Waals surface area contributed by atoms with E-state index in [9.17, 15) is 4.79 Å². The van der Waals surface area contributed by atoms with E-state index in [0.717, 1.165) is 30.2 Å². The summed E-state index contributed by atoms with van der Waals surface area (Å²) in [7, 11) is 0. The highest BCUT2D eigenvalue weighted by Gasteiger charge is 2.18. The molecule has 3 aromatic rings. The summed E-state index contributed by atoms with van der Waals surface area (Å²) in [5.74, 6) is 1.02. The van der Waals surface area contributed by atoms with Crippen LogP contribution in [-0.4, -0.2) is 47.2 Å². The summed E-state index contributed by atoms with van der Waals surface area (Å²) in [5.41, 5.74) is 2.00. The average Bonchev–Trinajstić information content (AvgIpc) is 2.79. The van der Waals surface area contributed by atoms with Crippen LogP contribution in [-0.2, 0) is 11.3 Å². The summed E-state index contributed by atoms with van der Waals surface area (Å²) in [5, 5.41) is 2.89. The molecule has 1 amide bonds. The van der Waals surface area contributed by atoms with Crippen molar-refractivity contribution in [1.82, 2.24) is 20.3 Å². The average molecular weight is 375 g/mol. The number of nitrogens with zero attached hydrogens (tertiary/aromatic N) is 4. The smallest absolute Gasteiger partial charge is 0.270 e. The fourth-order valence-electron chi connectivity index (χ4n) is 2.99. The molecule has 0 unspecified atom stereocenters. The Kier molecular flexibility index (Phi) is 5.53. The third-order valence-corrected chi connectivity index (χ3v) is 4.47. The van der Waals surface area contributed by atoms with Crippen LogP contribution >= 0.6 is 0 Å². The van der Waals surface area contributed by atoms with E-state index in [0.29, 0.717) is 31.3 Å². The molecule has 7 nitrogen and oxygen atoms in total. The van der Waals surface area contributed by atoms with Crippen LogP contribution in [0.2, 0.25) is 0 Å². The molecule has 4 rings (SSSR count). The Morgan fingerprint density at radius 1 is 1.04 bits per heavy atom.